The molecule has 0 aliphatic heterocycles. The number of benzene rings is 3. The van der Waals surface area contributed by atoms with E-state index in [1.54, 1.807) is 24.3 Å². The van der Waals surface area contributed by atoms with Crippen molar-refractivity contribution in [2.24, 2.45) is 0 Å². The maximum Gasteiger partial charge on any atom is 0.325 e. The number of ketones is 1. The van der Waals surface area contributed by atoms with Gasteiger partial charge >= 0.3 is 5.97 Å². The quantitative estimate of drug-likeness (QED) is 0.230. The van der Waals surface area contributed by atoms with Gasteiger partial charge in [0, 0.05) is 29.8 Å². The average Bonchev–Trinajstić information content (AvgIpc) is 2.98. The third-order valence-electron chi connectivity index (χ3n) is 7.45. The van der Waals surface area contributed by atoms with E-state index >= 15 is 8.78 Å². The number of anilines is 1. The Morgan fingerprint density at radius 2 is 1.53 bits per heavy atom. The van der Waals surface area contributed by atoms with Gasteiger partial charge in [0.25, 0.3) is 5.56 Å². The van der Waals surface area contributed by atoms with E-state index in [-0.39, 0.29) is 29.0 Å². The Balaban J connectivity index is 1.30. The molecule has 1 fully saturated rings. The number of nitrogens with zero attached hydrogens (tertiary/aromatic N) is 1. The van der Waals surface area contributed by atoms with Crippen LogP contribution in [0.5, 0.6) is 5.75 Å². The van der Waals surface area contributed by atoms with E-state index in [4.69, 9.17) is 10.5 Å². The van der Waals surface area contributed by atoms with Crippen molar-refractivity contribution in [1.82, 2.24) is 9.88 Å². The second kappa shape index (κ2) is 12.5. The number of nitrogens with one attached hydrogen (secondary N) is 1. The second-order valence-electron chi connectivity index (χ2n) is 10.3. The first kappa shape index (κ1) is 29.6. The van der Waals surface area contributed by atoms with Crippen LogP contribution in [0.2, 0.25) is 0 Å². The van der Waals surface area contributed by atoms with Gasteiger partial charge in [-0.2, -0.15) is 0 Å². The highest BCUT2D eigenvalue weighted by Crippen LogP contribution is 2.30. The van der Waals surface area contributed by atoms with Crippen molar-refractivity contribution >= 4 is 17.6 Å². The van der Waals surface area contributed by atoms with Gasteiger partial charge in [0.05, 0.1) is 11.7 Å². The Labute approximate surface area is 244 Å². The number of rotatable bonds is 9. The molecule has 0 radical (unpaired) electrons. The summed E-state index contributed by atoms with van der Waals surface area (Å²) in [6.07, 6.45) is 1.84. The van der Waals surface area contributed by atoms with Gasteiger partial charge in [0.2, 0.25) is 0 Å². The molecule has 0 bridgehead atoms. The van der Waals surface area contributed by atoms with Gasteiger partial charge in [-0.1, -0.05) is 30.3 Å². The molecule has 1 atom stereocenters. The molecule has 1 aliphatic carbocycles. The Hall–Kier alpha value is -4.90. The van der Waals surface area contributed by atoms with Crippen molar-refractivity contribution in [1.29, 1.82) is 0 Å². The Morgan fingerprint density at radius 3 is 2.14 bits per heavy atom. The Kier molecular flexibility index (Phi) is 8.63. The molecular weight excluding hydrogens is 563 g/mol. The number of hydrogen-bond donors (Lipinski definition) is 3. The number of ether oxygens (including phenoxy) is 1. The molecule has 1 aliphatic rings. The highest BCUT2D eigenvalue weighted by Gasteiger charge is 2.29. The van der Waals surface area contributed by atoms with E-state index in [1.165, 1.54) is 12.1 Å². The second-order valence-corrected chi connectivity index (χ2v) is 10.3. The van der Waals surface area contributed by atoms with E-state index in [2.05, 4.69) is 5.32 Å². The molecule has 8 nitrogen and oxygen atoms in total. The fraction of sp³-hybridized carbons (Fsp3) is 0.219. The number of carboxylic acid groups (broad SMARTS) is 1. The lowest BCUT2D eigenvalue weighted by atomic mass is 9.91. The average molecular weight is 592 g/mol. The van der Waals surface area contributed by atoms with Crippen LogP contribution in [0, 0.1) is 17.5 Å². The topological polar surface area (TPSA) is 124 Å². The molecular formula is C32H28F3N3O5. The van der Waals surface area contributed by atoms with Crippen LogP contribution in [0.1, 0.15) is 53.2 Å². The van der Waals surface area contributed by atoms with Gasteiger partial charge in [-0.25, -0.2) is 13.2 Å². The van der Waals surface area contributed by atoms with Gasteiger partial charge in [-0.3, -0.25) is 24.3 Å². The van der Waals surface area contributed by atoms with E-state index in [1.807, 2.05) is 6.07 Å². The van der Waals surface area contributed by atoms with Crippen LogP contribution in [0.4, 0.5) is 19.0 Å². The summed E-state index contributed by atoms with van der Waals surface area (Å²) in [7, 11) is 0. The third kappa shape index (κ3) is 6.46. The molecule has 4 aromatic rings. The molecule has 5 rings (SSSR count). The van der Waals surface area contributed by atoms with Crippen molar-refractivity contribution in [2.45, 2.75) is 43.9 Å². The molecule has 0 saturated heterocycles. The molecule has 1 heterocycles. The van der Waals surface area contributed by atoms with Crippen molar-refractivity contribution in [2.75, 3.05) is 5.73 Å². The van der Waals surface area contributed by atoms with E-state index in [9.17, 15) is 23.9 Å². The van der Waals surface area contributed by atoms with Gasteiger partial charge < -0.3 is 15.6 Å². The SMILES string of the molecule is Nc1c(C(=O)c2ccc(F)cc2)ccc(=O)n1-c1c(F)cc(OC2CCC(N[C@H](C(=O)O)c3ccccc3)CC2)cc1F. The number of carbonyl (C=O) groups is 2. The zero-order valence-corrected chi connectivity index (χ0v) is 22.8. The number of aromatic nitrogens is 1. The molecule has 43 heavy (non-hydrogen) atoms. The van der Waals surface area contributed by atoms with Crippen molar-refractivity contribution in [3.05, 3.63) is 123 Å². The van der Waals surface area contributed by atoms with Crippen LogP contribution in [0.15, 0.2) is 83.7 Å². The van der Waals surface area contributed by atoms with Crippen LogP contribution in [-0.2, 0) is 4.79 Å². The Bertz CT molecular complexity index is 1680. The fourth-order valence-corrected chi connectivity index (χ4v) is 5.29. The molecule has 1 aromatic heterocycles. The zero-order chi connectivity index (χ0) is 30.7. The van der Waals surface area contributed by atoms with E-state index in [0.29, 0.717) is 35.8 Å². The van der Waals surface area contributed by atoms with Gasteiger partial charge in [0.15, 0.2) is 17.4 Å². The number of hydrogen-bond acceptors (Lipinski definition) is 6. The highest BCUT2D eigenvalue weighted by atomic mass is 19.1. The summed E-state index contributed by atoms with van der Waals surface area (Å²) < 4.78 is 50.4. The minimum Gasteiger partial charge on any atom is -0.490 e. The summed E-state index contributed by atoms with van der Waals surface area (Å²) >= 11 is 0. The lowest BCUT2D eigenvalue weighted by Gasteiger charge is -2.31. The molecule has 0 amide bonds. The third-order valence-corrected chi connectivity index (χ3v) is 7.45. The number of nitrogens with two attached hydrogens (primary N) is 1. The van der Waals surface area contributed by atoms with Crippen LogP contribution in [0.3, 0.4) is 0 Å². The summed E-state index contributed by atoms with van der Waals surface area (Å²) in [6.45, 7) is 0. The van der Waals surface area contributed by atoms with Crippen molar-refractivity contribution < 1.29 is 32.6 Å². The smallest absolute Gasteiger partial charge is 0.325 e. The predicted octanol–water partition coefficient (Wildman–Crippen LogP) is 5.17. The summed E-state index contributed by atoms with van der Waals surface area (Å²) in [6, 6.07) is 16.5. The highest BCUT2D eigenvalue weighted by molar-refractivity contribution is 6.11. The van der Waals surface area contributed by atoms with Gasteiger partial charge in [-0.05, 0) is 61.6 Å². The normalized spacial score (nSPS) is 17.3. The summed E-state index contributed by atoms with van der Waals surface area (Å²) in [5, 5.41) is 12.9. The number of carboxylic acids is 1. The summed E-state index contributed by atoms with van der Waals surface area (Å²) in [5.41, 5.74) is 4.98. The molecule has 222 valence electrons. The van der Waals surface area contributed by atoms with E-state index < -0.39 is 52.3 Å². The standard InChI is InChI=1S/C32H28F3N3O5/c33-20-8-6-19(7-9-20)30(40)24-14-15-27(39)38(31(24)36)29-25(34)16-23(17-26(29)35)43-22-12-10-21(11-13-22)37-28(32(41)42)18-4-2-1-3-5-18/h1-9,14-17,21-22,28,37H,10-13,36H2,(H,41,42)/t21?,22?,28-/m0/s1. The number of halogens is 3. The van der Waals surface area contributed by atoms with Gasteiger partial charge in [-0.15, -0.1) is 0 Å². The zero-order valence-electron chi connectivity index (χ0n) is 22.8. The minimum absolute atomic E-state index is 0.0754. The molecule has 1 saturated carbocycles. The molecule has 0 unspecified atom stereocenters. The van der Waals surface area contributed by atoms with Crippen molar-refractivity contribution in [3.63, 3.8) is 0 Å². The molecule has 4 N–H and O–H groups in total. The van der Waals surface area contributed by atoms with E-state index in [0.717, 1.165) is 36.4 Å². The van der Waals surface area contributed by atoms with Gasteiger partial charge in [0.1, 0.15) is 29.1 Å². The number of carbonyl (C=O) groups excluding carboxylic acids is 1. The molecule has 3 aromatic carbocycles. The predicted molar refractivity (Wildman–Crippen MR) is 153 cm³/mol. The maximum absolute atomic E-state index is 15.3. The van der Waals surface area contributed by atoms with Crippen LogP contribution < -0.4 is 21.3 Å². The minimum atomic E-state index is -1.13. The van der Waals surface area contributed by atoms with Crippen LogP contribution >= 0.6 is 0 Å². The number of nitrogen functional groups attached to an aromatic ring is 1. The lowest BCUT2D eigenvalue weighted by Crippen LogP contribution is -2.41. The summed E-state index contributed by atoms with van der Waals surface area (Å²) in [5.74, 6) is -5.02. The first-order chi connectivity index (χ1) is 20.6. The van der Waals surface area contributed by atoms with Crippen molar-refractivity contribution in [3.8, 4) is 11.4 Å². The van der Waals surface area contributed by atoms with Crippen LogP contribution in [0.25, 0.3) is 5.69 Å². The number of pyridine rings is 1. The number of aliphatic carboxylic acids is 1. The fourth-order valence-electron chi connectivity index (χ4n) is 5.29. The Morgan fingerprint density at radius 1 is 0.907 bits per heavy atom. The lowest BCUT2D eigenvalue weighted by molar-refractivity contribution is -0.140. The monoisotopic (exact) mass is 591 g/mol. The first-order valence-electron chi connectivity index (χ1n) is 13.6. The summed E-state index contributed by atoms with van der Waals surface area (Å²) in [4.78, 5) is 37.4. The maximum atomic E-state index is 15.3. The van der Waals surface area contributed by atoms with Crippen LogP contribution in [-0.4, -0.2) is 33.6 Å². The molecule has 0 spiro atoms. The largest absolute Gasteiger partial charge is 0.490 e. The molecule has 11 heteroatoms. The first-order valence-corrected chi connectivity index (χ1v) is 13.6.